The third kappa shape index (κ3) is 4.90. The molecule has 0 spiro atoms. The maximum atomic E-state index is 12.7. The first-order valence-corrected chi connectivity index (χ1v) is 11.7. The van der Waals surface area contributed by atoms with E-state index in [1.807, 2.05) is 24.3 Å². The number of benzene rings is 2. The predicted molar refractivity (Wildman–Crippen MR) is 126 cm³/mol. The zero-order valence-corrected chi connectivity index (χ0v) is 18.7. The van der Waals surface area contributed by atoms with Crippen molar-refractivity contribution < 1.29 is 19.1 Å². The molecule has 0 aromatic heterocycles. The minimum absolute atomic E-state index is 0.0381. The van der Waals surface area contributed by atoms with Gasteiger partial charge in [-0.05, 0) is 24.3 Å². The molecule has 1 atom stereocenters. The van der Waals surface area contributed by atoms with Crippen molar-refractivity contribution >= 4 is 23.2 Å². The number of nitrogens with zero attached hydrogens (tertiary/aromatic N) is 3. The molecule has 1 N–H and O–H groups in total. The van der Waals surface area contributed by atoms with Crippen molar-refractivity contribution in [1.29, 1.82) is 0 Å². The molecule has 0 saturated carbocycles. The lowest BCUT2D eigenvalue weighted by molar-refractivity contribution is -0.126. The number of rotatable bonds is 6. The van der Waals surface area contributed by atoms with Crippen molar-refractivity contribution in [3.63, 3.8) is 0 Å². The normalized spacial score (nSPS) is 20.7. The number of piperazine rings is 1. The summed E-state index contributed by atoms with van der Waals surface area (Å²) < 4.78 is 11.2. The topological polar surface area (TPSA) is 74.4 Å². The lowest BCUT2D eigenvalue weighted by Gasteiger charge is -2.36. The zero-order valence-electron chi connectivity index (χ0n) is 18.7. The second-order valence-corrected chi connectivity index (χ2v) is 8.69. The van der Waals surface area contributed by atoms with E-state index in [0.29, 0.717) is 37.8 Å². The lowest BCUT2D eigenvalue weighted by atomic mass is 10.1. The van der Waals surface area contributed by atoms with Crippen LogP contribution in [0.2, 0.25) is 0 Å². The molecule has 2 aromatic rings. The van der Waals surface area contributed by atoms with Crippen molar-refractivity contribution in [3.8, 4) is 11.5 Å². The van der Waals surface area contributed by atoms with E-state index >= 15 is 0 Å². The number of amides is 2. The summed E-state index contributed by atoms with van der Waals surface area (Å²) in [6.45, 7) is 6.75. The zero-order chi connectivity index (χ0) is 22.6. The highest BCUT2D eigenvalue weighted by molar-refractivity contribution is 6.00. The first-order valence-electron chi connectivity index (χ1n) is 11.7. The summed E-state index contributed by atoms with van der Waals surface area (Å²) in [5.74, 6) is 0.915. The van der Waals surface area contributed by atoms with Gasteiger partial charge in [0, 0.05) is 69.7 Å². The molecule has 0 radical (unpaired) electrons. The number of hydrogen-bond acceptors (Lipinski definition) is 6. The van der Waals surface area contributed by atoms with Crippen LogP contribution in [0.4, 0.5) is 11.4 Å². The Balaban J connectivity index is 1.07. The average molecular weight is 451 g/mol. The van der Waals surface area contributed by atoms with E-state index in [4.69, 9.17) is 9.47 Å². The van der Waals surface area contributed by atoms with Crippen LogP contribution in [0.25, 0.3) is 0 Å². The van der Waals surface area contributed by atoms with Gasteiger partial charge in [-0.2, -0.15) is 0 Å². The van der Waals surface area contributed by atoms with Crippen LogP contribution in [-0.4, -0.2) is 75.7 Å². The van der Waals surface area contributed by atoms with Crippen molar-refractivity contribution in [3.05, 3.63) is 48.5 Å². The Hall–Kier alpha value is -3.26. The Labute approximate surface area is 194 Å². The van der Waals surface area contributed by atoms with Crippen molar-refractivity contribution in [1.82, 2.24) is 10.2 Å². The van der Waals surface area contributed by atoms with E-state index in [0.717, 1.165) is 38.4 Å². The molecule has 2 aromatic carbocycles. The molecule has 174 valence electrons. The molecule has 2 fully saturated rings. The van der Waals surface area contributed by atoms with Gasteiger partial charge < -0.3 is 24.6 Å². The minimum Gasteiger partial charge on any atom is -0.486 e. The SMILES string of the molecule is O=C(NCCN1CCN(c2ccccc2)CC1)C1CC(=O)N(c2ccc3c(c2)OCCO3)C1. The fraction of sp³-hybridized carbons (Fsp3) is 0.440. The molecular weight excluding hydrogens is 420 g/mol. The molecule has 3 aliphatic rings. The van der Waals surface area contributed by atoms with Crippen LogP contribution in [0.1, 0.15) is 6.42 Å². The van der Waals surface area contributed by atoms with Crippen LogP contribution in [0.15, 0.2) is 48.5 Å². The largest absolute Gasteiger partial charge is 0.486 e. The third-order valence-corrected chi connectivity index (χ3v) is 6.55. The van der Waals surface area contributed by atoms with E-state index in [9.17, 15) is 9.59 Å². The third-order valence-electron chi connectivity index (χ3n) is 6.55. The Morgan fingerprint density at radius 3 is 2.48 bits per heavy atom. The molecule has 2 saturated heterocycles. The molecule has 8 heteroatoms. The summed E-state index contributed by atoms with van der Waals surface area (Å²) in [7, 11) is 0. The molecule has 1 unspecified atom stereocenters. The first-order chi connectivity index (χ1) is 16.2. The standard InChI is InChI=1S/C25H30N4O4/c30-24-16-19(18-29(24)21-6-7-22-23(17-21)33-15-14-32-22)25(31)26-8-9-27-10-12-28(13-11-27)20-4-2-1-3-5-20/h1-7,17,19H,8-16,18H2,(H,26,31). The lowest BCUT2D eigenvalue weighted by Crippen LogP contribution is -2.48. The summed E-state index contributed by atoms with van der Waals surface area (Å²) in [6, 6.07) is 16.0. The summed E-state index contributed by atoms with van der Waals surface area (Å²) >= 11 is 0. The summed E-state index contributed by atoms with van der Waals surface area (Å²) in [5.41, 5.74) is 2.01. The fourth-order valence-electron chi connectivity index (χ4n) is 4.68. The first kappa shape index (κ1) is 21.6. The van der Waals surface area contributed by atoms with E-state index in [1.165, 1.54) is 5.69 Å². The van der Waals surface area contributed by atoms with Crippen LogP contribution in [0.5, 0.6) is 11.5 Å². The van der Waals surface area contributed by atoms with E-state index in [2.05, 4.69) is 39.4 Å². The number of ether oxygens (including phenoxy) is 2. The van der Waals surface area contributed by atoms with Crippen LogP contribution in [0.3, 0.4) is 0 Å². The highest BCUT2D eigenvalue weighted by atomic mass is 16.6. The molecule has 0 bridgehead atoms. The smallest absolute Gasteiger partial charge is 0.227 e. The van der Waals surface area contributed by atoms with Gasteiger partial charge in [-0.1, -0.05) is 18.2 Å². The molecule has 3 aliphatic heterocycles. The fourth-order valence-corrected chi connectivity index (χ4v) is 4.68. The minimum atomic E-state index is -0.333. The molecule has 33 heavy (non-hydrogen) atoms. The second kappa shape index (κ2) is 9.70. The number of hydrogen-bond donors (Lipinski definition) is 1. The Morgan fingerprint density at radius 2 is 1.70 bits per heavy atom. The van der Waals surface area contributed by atoms with Gasteiger partial charge in [0.15, 0.2) is 11.5 Å². The molecule has 3 heterocycles. The van der Waals surface area contributed by atoms with Gasteiger partial charge in [-0.25, -0.2) is 0 Å². The van der Waals surface area contributed by atoms with Gasteiger partial charge in [0.1, 0.15) is 13.2 Å². The average Bonchev–Trinajstić information content (AvgIpc) is 3.26. The predicted octanol–water partition coefficient (Wildman–Crippen LogP) is 1.75. The Bertz CT molecular complexity index is 991. The van der Waals surface area contributed by atoms with Crippen molar-refractivity contribution in [2.24, 2.45) is 5.92 Å². The Kier molecular flexibility index (Phi) is 6.35. The molecule has 0 aliphatic carbocycles. The monoisotopic (exact) mass is 450 g/mol. The van der Waals surface area contributed by atoms with Gasteiger partial charge in [0.2, 0.25) is 11.8 Å². The van der Waals surface area contributed by atoms with Gasteiger partial charge in [0.25, 0.3) is 0 Å². The molecule has 8 nitrogen and oxygen atoms in total. The number of carbonyl (C=O) groups excluding carboxylic acids is 2. The van der Waals surface area contributed by atoms with Gasteiger partial charge >= 0.3 is 0 Å². The van der Waals surface area contributed by atoms with Crippen LogP contribution in [-0.2, 0) is 9.59 Å². The maximum Gasteiger partial charge on any atom is 0.227 e. The van der Waals surface area contributed by atoms with Gasteiger partial charge in [-0.3, -0.25) is 14.5 Å². The number of nitrogens with one attached hydrogen (secondary N) is 1. The number of anilines is 2. The highest BCUT2D eigenvalue weighted by Crippen LogP contribution is 2.36. The van der Waals surface area contributed by atoms with Crippen molar-refractivity contribution in [2.75, 3.05) is 68.8 Å². The number of fused-ring (bicyclic) bond motifs is 1. The van der Waals surface area contributed by atoms with Crippen LogP contribution >= 0.6 is 0 Å². The highest BCUT2D eigenvalue weighted by Gasteiger charge is 2.35. The quantitative estimate of drug-likeness (QED) is 0.723. The second-order valence-electron chi connectivity index (χ2n) is 8.69. The van der Waals surface area contributed by atoms with Gasteiger partial charge in [-0.15, -0.1) is 0 Å². The molecule has 5 rings (SSSR count). The van der Waals surface area contributed by atoms with Gasteiger partial charge in [0.05, 0.1) is 5.92 Å². The number of carbonyl (C=O) groups is 2. The van der Waals surface area contributed by atoms with E-state index in [1.54, 1.807) is 4.90 Å². The molecule has 2 amide bonds. The maximum absolute atomic E-state index is 12.7. The van der Waals surface area contributed by atoms with Crippen molar-refractivity contribution in [2.45, 2.75) is 6.42 Å². The van der Waals surface area contributed by atoms with E-state index < -0.39 is 0 Å². The molecular formula is C25H30N4O4. The Morgan fingerprint density at radius 1 is 0.939 bits per heavy atom. The summed E-state index contributed by atoms with van der Waals surface area (Å²) in [5, 5.41) is 3.04. The summed E-state index contributed by atoms with van der Waals surface area (Å²) in [6.07, 6.45) is 0.232. The number of para-hydroxylation sites is 1. The van der Waals surface area contributed by atoms with E-state index in [-0.39, 0.29) is 24.2 Å². The van der Waals surface area contributed by atoms with Crippen LogP contribution in [0, 0.1) is 5.92 Å². The summed E-state index contributed by atoms with van der Waals surface area (Å²) in [4.78, 5) is 31.7. The van der Waals surface area contributed by atoms with Crippen LogP contribution < -0.4 is 24.6 Å².